The Morgan fingerprint density at radius 1 is 1.29 bits per heavy atom. The zero-order chi connectivity index (χ0) is 10.2. The summed E-state index contributed by atoms with van der Waals surface area (Å²) in [5.41, 5.74) is 1.23. The lowest BCUT2D eigenvalue weighted by Crippen LogP contribution is -2.03. The van der Waals surface area contributed by atoms with Crippen LogP contribution >= 0.6 is 0 Å². The number of aryl methyl sites for hydroxylation is 1. The van der Waals surface area contributed by atoms with Crippen LogP contribution in [0.15, 0.2) is 30.3 Å². The molecule has 0 aliphatic carbocycles. The van der Waals surface area contributed by atoms with Crippen molar-refractivity contribution >= 4 is 5.97 Å². The maximum absolute atomic E-state index is 10.9. The Morgan fingerprint density at radius 3 is 2.64 bits per heavy atom. The highest BCUT2D eigenvalue weighted by Gasteiger charge is 2.02. The summed E-state index contributed by atoms with van der Waals surface area (Å²) in [6.07, 6.45) is 2.06. The molecule has 0 aliphatic heterocycles. The lowest BCUT2D eigenvalue weighted by molar-refractivity contribution is -0.255. The molecule has 3 nitrogen and oxygen atoms in total. The van der Waals surface area contributed by atoms with Crippen LogP contribution in [-0.4, -0.2) is 13.1 Å². The van der Waals surface area contributed by atoms with E-state index < -0.39 is 0 Å². The van der Waals surface area contributed by atoms with Crippen LogP contribution in [-0.2, 0) is 21.0 Å². The van der Waals surface area contributed by atoms with Gasteiger partial charge in [0.1, 0.15) is 0 Å². The molecule has 0 N–H and O–H groups in total. The Kier molecular flexibility index (Phi) is 4.72. The van der Waals surface area contributed by atoms with Crippen LogP contribution < -0.4 is 0 Å². The van der Waals surface area contributed by atoms with Gasteiger partial charge in [-0.15, -0.1) is 0 Å². The van der Waals surface area contributed by atoms with E-state index in [9.17, 15) is 4.79 Å². The van der Waals surface area contributed by atoms with Crippen LogP contribution in [0.1, 0.15) is 18.4 Å². The van der Waals surface area contributed by atoms with Crippen LogP contribution in [0.4, 0.5) is 0 Å². The van der Waals surface area contributed by atoms with Gasteiger partial charge in [-0.05, 0) is 18.4 Å². The maximum atomic E-state index is 10.9. The molecule has 0 heterocycles. The van der Waals surface area contributed by atoms with Gasteiger partial charge in [0.25, 0.3) is 0 Å². The SMILES string of the molecule is COOC(=O)CCCc1ccccc1. The molecule has 1 aromatic carbocycles. The molecule has 0 unspecified atom stereocenters. The molecule has 0 amide bonds. The molecule has 0 bridgehead atoms. The third-order valence-electron chi connectivity index (χ3n) is 1.87. The van der Waals surface area contributed by atoms with Crippen LogP contribution in [0.25, 0.3) is 0 Å². The van der Waals surface area contributed by atoms with Crippen LogP contribution in [0.2, 0.25) is 0 Å². The number of carbonyl (C=O) groups is 1. The van der Waals surface area contributed by atoms with E-state index in [0.29, 0.717) is 6.42 Å². The number of benzene rings is 1. The van der Waals surface area contributed by atoms with Gasteiger partial charge in [0, 0.05) is 6.42 Å². The highest BCUT2D eigenvalue weighted by molar-refractivity contribution is 5.68. The molecule has 3 heteroatoms. The highest BCUT2D eigenvalue weighted by Crippen LogP contribution is 2.04. The Hall–Kier alpha value is -1.35. The van der Waals surface area contributed by atoms with Crippen molar-refractivity contribution in [1.82, 2.24) is 0 Å². The molecule has 0 fully saturated rings. The zero-order valence-electron chi connectivity index (χ0n) is 8.23. The number of carbonyl (C=O) groups excluding carboxylic acids is 1. The number of rotatable bonds is 5. The lowest BCUT2D eigenvalue weighted by atomic mass is 10.1. The van der Waals surface area contributed by atoms with Crippen molar-refractivity contribution in [2.24, 2.45) is 0 Å². The molecule has 0 aromatic heterocycles. The second-order valence-electron chi connectivity index (χ2n) is 2.96. The monoisotopic (exact) mass is 194 g/mol. The normalized spacial score (nSPS) is 9.79. The van der Waals surface area contributed by atoms with Gasteiger partial charge in [-0.3, -0.25) is 4.89 Å². The van der Waals surface area contributed by atoms with Crippen molar-refractivity contribution in [1.29, 1.82) is 0 Å². The Balaban J connectivity index is 2.19. The lowest BCUT2D eigenvalue weighted by Gasteiger charge is -2.00. The van der Waals surface area contributed by atoms with Crippen molar-refractivity contribution in [3.63, 3.8) is 0 Å². The number of hydrogen-bond donors (Lipinski definition) is 0. The summed E-state index contributed by atoms with van der Waals surface area (Å²) in [5.74, 6) is -0.316. The van der Waals surface area contributed by atoms with Crippen molar-refractivity contribution in [2.75, 3.05) is 7.11 Å². The van der Waals surface area contributed by atoms with Crippen molar-refractivity contribution in [2.45, 2.75) is 19.3 Å². The Morgan fingerprint density at radius 2 is 2.00 bits per heavy atom. The molecule has 14 heavy (non-hydrogen) atoms. The van der Waals surface area contributed by atoms with E-state index in [2.05, 4.69) is 9.78 Å². The first-order valence-corrected chi connectivity index (χ1v) is 4.60. The summed E-state index contributed by atoms with van der Waals surface area (Å²) < 4.78 is 0. The molecular weight excluding hydrogens is 180 g/mol. The first-order chi connectivity index (χ1) is 6.83. The predicted molar refractivity (Wildman–Crippen MR) is 52.5 cm³/mol. The quantitative estimate of drug-likeness (QED) is 0.532. The van der Waals surface area contributed by atoms with Gasteiger partial charge in [0.15, 0.2) is 0 Å². The van der Waals surface area contributed by atoms with Gasteiger partial charge >= 0.3 is 5.97 Å². The largest absolute Gasteiger partial charge is 0.342 e. The third kappa shape index (κ3) is 4.05. The van der Waals surface area contributed by atoms with Crippen molar-refractivity contribution in [3.05, 3.63) is 35.9 Å². The van der Waals surface area contributed by atoms with Crippen LogP contribution in [0.3, 0.4) is 0 Å². The summed E-state index contributed by atoms with van der Waals surface area (Å²) in [6.45, 7) is 0. The average Bonchev–Trinajstić information content (AvgIpc) is 2.20. The molecule has 0 atom stereocenters. The topological polar surface area (TPSA) is 35.5 Å². The molecule has 0 spiro atoms. The minimum atomic E-state index is -0.316. The van der Waals surface area contributed by atoms with Gasteiger partial charge < -0.3 is 0 Å². The smallest absolute Gasteiger partial charge is 0.299 e. The van der Waals surface area contributed by atoms with E-state index in [4.69, 9.17) is 0 Å². The molecule has 0 saturated heterocycles. The molecule has 0 saturated carbocycles. The van der Waals surface area contributed by atoms with E-state index in [1.165, 1.54) is 12.7 Å². The van der Waals surface area contributed by atoms with Gasteiger partial charge in [-0.25, -0.2) is 4.79 Å². The van der Waals surface area contributed by atoms with E-state index in [1.807, 2.05) is 30.3 Å². The summed E-state index contributed by atoms with van der Waals surface area (Å²) >= 11 is 0. The average molecular weight is 194 g/mol. The van der Waals surface area contributed by atoms with E-state index in [-0.39, 0.29) is 5.97 Å². The minimum Gasteiger partial charge on any atom is -0.299 e. The fourth-order valence-electron chi connectivity index (χ4n) is 1.22. The molecule has 1 rings (SSSR count). The molecule has 76 valence electrons. The third-order valence-corrected chi connectivity index (χ3v) is 1.87. The number of hydrogen-bond acceptors (Lipinski definition) is 3. The molecule has 0 aliphatic rings. The predicted octanol–water partition coefficient (Wildman–Crippen LogP) is 2.11. The fourth-order valence-corrected chi connectivity index (χ4v) is 1.22. The molecule has 1 aromatic rings. The van der Waals surface area contributed by atoms with Gasteiger partial charge in [0.05, 0.1) is 7.11 Å². The van der Waals surface area contributed by atoms with Crippen LogP contribution in [0.5, 0.6) is 0 Å². The molecular formula is C11H14O3. The van der Waals surface area contributed by atoms with Crippen molar-refractivity contribution < 1.29 is 14.6 Å². The summed E-state index contributed by atoms with van der Waals surface area (Å²) in [7, 11) is 1.33. The zero-order valence-corrected chi connectivity index (χ0v) is 8.23. The van der Waals surface area contributed by atoms with E-state index in [0.717, 1.165) is 12.8 Å². The second-order valence-corrected chi connectivity index (χ2v) is 2.96. The highest BCUT2D eigenvalue weighted by atomic mass is 17.2. The standard InChI is InChI=1S/C11H14O3/c1-13-14-11(12)9-5-8-10-6-3-2-4-7-10/h2-4,6-7H,5,8-9H2,1H3. The first kappa shape index (κ1) is 10.7. The Bertz CT molecular complexity index is 269. The van der Waals surface area contributed by atoms with Crippen LogP contribution in [0, 0.1) is 0 Å². The summed E-state index contributed by atoms with van der Waals surface area (Å²) in [5, 5.41) is 0. The minimum absolute atomic E-state index is 0.316. The molecule has 0 radical (unpaired) electrons. The first-order valence-electron chi connectivity index (χ1n) is 4.60. The Labute approximate surface area is 83.6 Å². The maximum Gasteiger partial charge on any atom is 0.342 e. The van der Waals surface area contributed by atoms with E-state index in [1.54, 1.807) is 0 Å². The van der Waals surface area contributed by atoms with Crippen molar-refractivity contribution in [3.8, 4) is 0 Å². The van der Waals surface area contributed by atoms with Gasteiger partial charge in [-0.1, -0.05) is 30.3 Å². The fraction of sp³-hybridized carbons (Fsp3) is 0.364. The second kappa shape index (κ2) is 6.16. The van der Waals surface area contributed by atoms with E-state index >= 15 is 0 Å². The van der Waals surface area contributed by atoms with Gasteiger partial charge in [-0.2, -0.15) is 4.89 Å². The summed E-state index contributed by atoms with van der Waals surface area (Å²) in [6, 6.07) is 10.0. The summed E-state index contributed by atoms with van der Waals surface area (Å²) in [4.78, 5) is 19.5. The van der Waals surface area contributed by atoms with Gasteiger partial charge in [0.2, 0.25) is 0 Å².